The Labute approximate surface area is 204 Å². The summed E-state index contributed by atoms with van der Waals surface area (Å²) in [5.74, 6) is 0.708. The number of alkyl halides is 3. The van der Waals surface area contributed by atoms with Gasteiger partial charge in [0.2, 0.25) is 0 Å². The molecule has 1 N–H and O–H groups in total. The normalized spacial score (nSPS) is 17.3. The second-order valence-corrected chi connectivity index (χ2v) is 7.84. The highest BCUT2D eigenvalue weighted by molar-refractivity contribution is 14.0. The fourth-order valence-electron chi connectivity index (χ4n) is 3.69. The first-order valence-electron chi connectivity index (χ1n) is 10.2. The lowest BCUT2D eigenvalue weighted by Gasteiger charge is -2.35. The van der Waals surface area contributed by atoms with Gasteiger partial charge in [-0.05, 0) is 42.9 Å². The second-order valence-electron chi connectivity index (χ2n) is 7.84. The summed E-state index contributed by atoms with van der Waals surface area (Å²) in [6.07, 6.45) is -4.82. The van der Waals surface area contributed by atoms with Crippen molar-refractivity contribution in [1.29, 1.82) is 0 Å². The average Bonchev–Trinajstić information content (AvgIpc) is 2.74. The first-order chi connectivity index (χ1) is 14.8. The van der Waals surface area contributed by atoms with Gasteiger partial charge in [-0.3, -0.25) is 4.99 Å². The fourth-order valence-corrected chi connectivity index (χ4v) is 3.69. The van der Waals surface area contributed by atoms with E-state index >= 15 is 0 Å². The van der Waals surface area contributed by atoms with Crippen molar-refractivity contribution in [3.05, 3.63) is 70.8 Å². The predicted octanol–water partition coefficient (Wildman–Crippen LogP) is 4.53. The van der Waals surface area contributed by atoms with Crippen LogP contribution >= 0.6 is 24.0 Å². The molecule has 0 aliphatic carbocycles. The molecule has 32 heavy (non-hydrogen) atoms. The van der Waals surface area contributed by atoms with Gasteiger partial charge in [0.15, 0.2) is 5.96 Å². The Bertz CT molecular complexity index is 905. The molecule has 0 radical (unpaired) electrons. The average molecular weight is 562 g/mol. The van der Waals surface area contributed by atoms with Gasteiger partial charge in [-0.25, -0.2) is 0 Å². The minimum Gasteiger partial charge on any atom is -0.370 e. The van der Waals surface area contributed by atoms with Crippen molar-refractivity contribution in [2.45, 2.75) is 25.4 Å². The number of rotatable bonds is 5. The van der Waals surface area contributed by atoms with Crippen LogP contribution < -0.4 is 5.32 Å². The van der Waals surface area contributed by atoms with Gasteiger partial charge in [-0.2, -0.15) is 13.2 Å². The molecule has 176 valence electrons. The number of hydrogen-bond donors (Lipinski definition) is 1. The Hall–Kier alpha value is -1.85. The van der Waals surface area contributed by atoms with Crippen molar-refractivity contribution in [3.8, 4) is 0 Å². The van der Waals surface area contributed by atoms with E-state index in [9.17, 15) is 13.2 Å². The van der Waals surface area contributed by atoms with Gasteiger partial charge in [-0.15, -0.1) is 24.0 Å². The quantitative estimate of drug-likeness (QED) is 0.331. The van der Waals surface area contributed by atoms with Crippen LogP contribution in [0.1, 0.15) is 28.4 Å². The number of benzene rings is 2. The third-order valence-electron chi connectivity index (χ3n) is 5.21. The lowest BCUT2D eigenvalue weighted by atomic mass is 10.0. The number of nitrogens with one attached hydrogen (secondary N) is 1. The van der Waals surface area contributed by atoms with E-state index < -0.39 is 17.8 Å². The number of halogens is 4. The topological polar surface area (TPSA) is 40.1 Å². The minimum absolute atomic E-state index is 0. The summed E-state index contributed by atoms with van der Waals surface area (Å²) < 4.78 is 45.0. The van der Waals surface area contributed by atoms with Gasteiger partial charge >= 0.3 is 6.18 Å². The SMILES string of the molecule is CN=C(NCc1ccccc1CN(C)C)N1CCOC(c2cccc(C(F)(F)F)c2)C1.I. The maximum Gasteiger partial charge on any atom is 0.416 e. The highest BCUT2D eigenvalue weighted by Crippen LogP contribution is 2.32. The summed E-state index contributed by atoms with van der Waals surface area (Å²) in [5.41, 5.74) is 2.27. The molecule has 1 heterocycles. The molecule has 2 aromatic carbocycles. The van der Waals surface area contributed by atoms with Crippen LogP contribution in [0.15, 0.2) is 53.5 Å². The predicted molar refractivity (Wildman–Crippen MR) is 131 cm³/mol. The molecular weight excluding hydrogens is 532 g/mol. The largest absolute Gasteiger partial charge is 0.416 e. The Morgan fingerprint density at radius 1 is 1.16 bits per heavy atom. The zero-order chi connectivity index (χ0) is 22.4. The van der Waals surface area contributed by atoms with Gasteiger partial charge in [-0.1, -0.05) is 36.4 Å². The van der Waals surface area contributed by atoms with Gasteiger partial charge in [0.05, 0.1) is 18.7 Å². The molecule has 5 nitrogen and oxygen atoms in total. The molecule has 1 unspecified atom stereocenters. The first kappa shape index (κ1) is 26.4. The van der Waals surface area contributed by atoms with Crippen LogP contribution in [0.3, 0.4) is 0 Å². The first-order valence-corrected chi connectivity index (χ1v) is 10.2. The smallest absolute Gasteiger partial charge is 0.370 e. The maximum absolute atomic E-state index is 13.1. The highest BCUT2D eigenvalue weighted by atomic mass is 127. The van der Waals surface area contributed by atoms with Crippen molar-refractivity contribution in [3.63, 3.8) is 0 Å². The number of aliphatic imine (C=N–C) groups is 1. The second kappa shape index (κ2) is 11.9. The molecule has 1 aliphatic heterocycles. The number of nitrogens with zero attached hydrogens (tertiary/aromatic N) is 3. The minimum atomic E-state index is -4.37. The molecule has 1 atom stereocenters. The molecular formula is C23H30F3IN4O. The molecule has 1 aliphatic rings. The van der Waals surface area contributed by atoms with Crippen LogP contribution in [0.2, 0.25) is 0 Å². The van der Waals surface area contributed by atoms with E-state index in [1.165, 1.54) is 23.3 Å². The molecule has 1 saturated heterocycles. The van der Waals surface area contributed by atoms with Crippen molar-refractivity contribution < 1.29 is 17.9 Å². The number of guanidine groups is 1. The molecule has 2 aromatic rings. The summed E-state index contributed by atoms with van der Waals surface area (Å²) in [6.45, 7) is 2.92. The number of morpholine rings is 1. The standard InChI is InChI=1S/C23H29F3N4O.HI/c1-27-22(28-14-18-7-4-5-8-19(18)15-29(2)3)30-11-12-31-21(16-30)17-9-6-10-20(13-17)23(24,25)26;/h4-10,13,21H,11-12,14-16H2,1-3H3,(H,27,28);1H. The van der Waals surface area contributed by atoms with Crippen LogP contribution in [-0.4, -0.2) is 56.6 Å². The summed E-state index contributed by atoms with van der Waals surface area (Å²) in [4.78, 5) is 8.54. The van der Waals surface area contributed by atoms with Crippen LogP contribution in [0.5, 0.6) is 0 Å². The third kappa shape index (κ3) is 7.08. The number of hydrogen-bond acceptors (Lipinski definition) is 3. The summed E-state index contributed by atoms with van der Waals surface area (Å²) in [7, 11) is 5.78. The molecule has 0 saturated carbocycles. The zero-order valence-corrected chi connectivity index (χ0v) is 20.9. The van der Waals surface area contributed by atoms with E-state index in [-0.39, 0.29) is 24.0 Å². The van der Waals surface area contributed by atoms with E-state index in [0.717, 1.165) is 12.6 Å². The highest BCUT2D eigenvalue weighted by Gasteiger charge is 2.32. The summed E-state index contributed by atoms with van der Waals surface area (Å²) in [6, 6.07) is 13.6. The lowest BCUT2D eigenvalue weighted by Crippen LogP contribution is -2.48. The molecule has 0 spiro atoms. The molecule has 0 aromatic heterocycles. The van der Waals surface area contributed by atoms with Crippen LogP contribution in [-0.2, 0) is 24.0 Å². The van der Waals surface area contributed by atoms with E-state index in [1.54, 1.807) is 13.1 Å². The van der Waals surface area contributed by atoms with Crippen LogP contribution in [0.25, 0.3) is 0 Å². The van der Waals surface area contributed by atoms with Gasteiger partial charge in [0, 0.05) is 26.7 Å². The third-order valence-corrected chi connectivity index (χ3v) is 5.21. The molecule has 3 rings (SSSR count). The van der Waals surface area contributed by atoms with Crippen LogP contribution in [0, 0.1) is 0 Å². The van der Waals surface area contributed by atoms with Gasteiger partial charge < -0.3 is 19.9 Å². The number of ether oxygens (including phenoxy) is 1. The summed E-state index contributed by atoms with van der Waals surface area (Å²) in [5, 5.41) is 3.40. The van der Waals surface area contributed by atoms with E-state index in [1.807, 2.05) is 31.1 Å². The fraction of sp³-hybridized carbons (Fsp3) is 0.435. The summed E-state index contributed by atoms with van der Waals surface area (Å²) >= 11 is 0. The Morgan fingerprint density at radius 2 is 1.88 bits per heavy atom. The molecule has 0 bridgehead atoms. The molecule has 9 heteroatoms. The lowest BCUT2D eigenvalue weighted by molar-refractivity contribution is -0.137. The Balaban J connectivity index is 0.00000363. The molecule has 0 amide bonds. The van der Waals surface area contributed by atoms with Crippen molar-refractivity contribution in [2.24, 2.45) is 4.99 Å². The maximum atomic E-state index is 13.1. The molecule has 1 fully saturated rings. The Morgan fingerprint density at radius 3 is 2.53 bits per heavy atom. The zero-order valence-electron chi connectivity index (χ0n) is 18.5. The Kier molecular flexibility index (Phi) is 9.78. The van der Waals surface area contributed by atoms with Gasteiger partial charge in [0.1, 0.15) is 6.10 Å². The van der Waals surface area contributed by atoms with Gasteiger partial charge in [0.25, 0.3) is 0 Å². The van der Waals surface area contributed by atoms with E-state index in [0.29, 0.717) is 37.8 Å². The van der Waals surface area contributed by atoms with Crippen molar-refractivity contribution in [2.75, 3.05) is 40.8 Å². The van der Waals surface area contributed by atoms with Crippen molar-refractivity contribution >= 4 is 29.9 Å². The van der Waals surface area contributed by atoms with Crippen LogP contribution in [0.4, 0.5) is 13.2 Å². The van der Waals surface area contributed by atoms with E-state index in [2.05, 4.69) is 27.3 Å². The van der Waals surface area contributed by atoms with Crippen molar-refractivity contribution in [1.82, 2.24) is 15.1 Å². The monoisotopic (exact) mass is 562 g/mol. The van der Waals surface area contributed by atoms with E-state index in [4.69, 9.17) is 4.74 Å².